The largest absolute Gasteiger partial charge is 0.508 e. The van der Waals surface area contributed by atoms with E-state index in [0.717, 1.165) is 16.9 Å². The Bertz CT molecular complexity index is 810. The van der Waals surface area contributed by atoms with E-state index in [1.807, 2.05) is 43.4 Å². The number of carbonyl (C=O) groups excluding carboxylic acids is 1. The summed E-state index contributed by atoms with van der Waals surface area (Å²) in [7, 11) is 3.46. The van der Waals surface area contributed by atoms with E-state index in [1.54, 1.807) is 24.1 Å². The SMILES string of the molecule is COc1cccc(C2NNC3C(=O)N(C)C(c4cccc(O)c4)C32)c1. The van der Waals surface area contributed by atoms with Crippen molar-refractivity contribution in [1.29, 1.82) is 0 Å². The molecule has 2 aliphatic rings. The summed E-state index contributed by atoms with van der Waals surface area (Å²) < 4.78 is 5.34. The summed E-state index contributed by atoms with van der Waals surface area (Å²) in [5, 5.41) is 9.87. The average Bonchev–Trinajstić information content (AvgIpc) is 3.15. The van der Waals surface area contributed by atoms with Crippen molar-refractivity contribution in [1.82, 2.24) is 15.8 Å². The lowest BCUT2D eigenvalue weighted by atomic mass is 9.83. The standard InChI is InChI=1S/C19H21N3O3/c1-22-18(12-6-3-7-13(23)9-12)15-16(20-21-17(15)19(22)24)11-5-4-8-14(10-11)25-2/h3-10,15-18,20-21,23H,1-2H3. The molecule has 0 radical (unpaired) electrons. The molecule has 2 aromatic carbocycles. The first-order valence-corrected chi connectivity index (χ1v) is 8.31. The molecule has 2 heterocycles. The average molecular weight is 339 g/mol. The number of phenolic OH excluding ortho intramolecular Hbond substituents is 1. The molecule has 1 amide bonds. The first-order chi connectivity index (χ1) is 12.1. The van der Waals surface area contributed by atoms with Crippen LogP contribution in [0.2, 0.25) is 0 Å². The highest BCUT2D eigenvalue weighted by Crippen LogP contribution is 2.47. The molecule has 2 saturated heterocycles. The van der Waals surface area contributed by atoms with Gasteiger partial charge >= 0.3 is 0 Å². The van der Waals surface area contributed by atoms with E-state index in [9.17, 15) is 9.90 Å². The summed E-state index contributed by atoms with van der Waals surface area (Å²) >= 11 is 0. The summed E-state index contributed by atoms with van der Waals surface area (Å²) in [4.78, 5) is 14.5. The van der Waals surface area contributed by atoms with Gasteiger partial charge in [0, 0.05) is 13.0 Å². The molecule has 130 valence electrons. The minimum atomic E-state index is -0.298. The van der Waals surface area contributed by atoms with Crippen molar-refractivity contribution >= 4 is 5.91 Å². The highest BCUT2D eigenvalue weighted by Gasteiger charge is 2.54. The van der Waals surface area contributed by atoms with Gasteiger partial charge in [0.1, 0.15) is 17.5 Å². The number of likely N-dealkylation sites (tertiary alicyclic amines) is 1. The number of aromatic hydroxyl groups is 1. The fourth-order valence-corrected chi connectivity index (χ4v) is 4.07. The quantitative estimate of drug-likeness (QED) is 0.794. The van der Waals surface area contributed by atoms with E-state index in [1.165, 1.54) is 0 Å². The van der Waals surface area contributed by atoms with Crippen LogP contribution in [0.1, 0.15) is 23.2 Å². The molecule has 6 heteroatoms. The number of amides is 1. The Balaban J connectivity index is 1.75. The van der Waals surface area contributed by atoms with Crippen LogP contribution in [0.5, 0.6) is 11.5 Å². The van der Waals surface area contributed by atoms with Crippen molar-refractivity contribution in [3.05, 3.63) is 59.7 Å². The number of benzene rings is 2. The fraction of sp³-hybridized carbons (Fsp3) is 0.316. The van der Waals surface area contributed by atoms with Crippen molar-refractivity contribution in [2.24, 2.45) is 5.92 Å². The third-order valence-corrected chi connectivity index (χ3v) is 5.22. The fourth-order valence-electron chi connectivity index (χ4n) is 4.07. The molecular formula is C19H21N3O3. The van der Waals surface area contributed by atoms with Gasteiger partial charge in [0.15, 0.2) is 0 Å². The molecule has 6 nitrogen and oxygen atoms in total. The zero-order chi connectivity index (χ0) is 17.6. The number of phenols is 1. The van der Waals surface area contributed by atoms with Gasteiger partial charge in [-0.25, -0.2) is 10.9 Å². The maximum atomic E-state index is 12.7. The lowest BCUT2D eigenvalue weighted by molar-refractivity contribution is -0.129. The molecular weight excluding hydrogens is 318 g/mol. The molecule has 4 rings (SSSR count). The van der Waals surface area contributed by atoms with Gasteiger partial charge < -0.3 is 14.7 Å². The zero-order valence-electron chi connectivity index (χ0n) is 14.1. The highest BCUT2D eigenvalue weighted by molar-refractivity contribution is 5.86. The Morgan fingerprint density at radius 1 is 1.04 bits per heavy atom. The number of hydrogen-bond acceptors (Lipinski definition) is 5. The maximum absolute atomic E-state index is 12.7. The van der Waals surface area contributed by atoms with Crippen LogP contribution in [0.3, 0.4) is 0 Å². The van der Waals surface area contributed by atoms with Gasteiger partial charge in [-0.15, -0.1) is 0 Å². The number of nitrogens with one attached hydrogen (secondary N) is 2. The predicted octanol–water partition coefficient (Wildman–Crippen LogP) is 1.75. The Hall–Kier alpha value is -2.57. The smallest absolute Gasteiger partial charge is 0.241 e. The van der Waals surface area contributed by atoms with Gasteiger partial charge in [-0.3, -0.25) is 4.79 Å². The minimum absolute atomic E-state index is 0.00593. The van der Waals surface area contributed by atoms with Crippen molar-refractivity contribution in [3.8, 4) is 11.5 Å². The summed E-state index contributed by atoms with van der Waals surface area (Å²) in [5.41, 5.74) is 8.43. The molecule has 2 aromatic rings. The predicted molar refractivity (Wildman–Crippen MR) is 92.9 cm³/mol. The molecule has 4 atom stereocenters. The lowest BCUT2D eigenvalue weighted by Gasteiger charge is -2.29. The minimum Gasteiger partial charge on any atom is -0.508 e. The van der Waals surface area contributed by atoms with E-state index in [-0.39, 0.29) is 35.7 Å². The first kappa shape index (κ1) is 15.9. The van der Waals surface area contributed by atoms with E-state index < -0.39 is 0 Å². The molecule has 2 fully saturated rings. The molecule has 0 saturated carbocycles. The number of carbonyl (C=O) groups is 1. The van der Waals surface area contributed by atoms with Crippen molar-refractivity contribution in [3.63, 3.8) is 0 Å². The number of methoxy groups -OCH3 is 1. The number of hydrogen-bond donors (Lipinski definition) is 3. The first-order valence-electron chi connectivity index (χ1n) is 8.31. The molecule has 25 heavy (non-hydrogen) atoms. The third kappa shape index (κ3) is 2.54. The molecule has 0 spiro atoms. The number of rotatable bonds is 3. The second kappa shape index (κ2) is 6.06. The number of hydrazine groups is 1. The number of fused-ring (bicyclic) bond motifs is 1. The van der Waals surface area contributed by atoms with Crippen LogP contribution in [-0.4, -0.2) is 36.1 Å². The topological polar surface area (TPSA) is 73.8 Å². The highest BCUT2D eigenvalue weighted by atomic mass is 16.5. The molecule has 4 unspecified atom stereocenters. The van der Waals surface area contributed by atoms with Gasteiger partial charge in [-0.2, -0.15) is 0 Å². The zero-order valence-corrected chi connectivity index (χ0v) is 14.1. The summed E-state index contributed by atoms with van der Waals surface area (Å²) in [6.07, 6.45) is 0. The lowest BCUT2D eigenvalue weighted by Crippen LogP contribution is -2.39. The van der Waals surface area contributed by atoms with Gasteiger partial charge in [-0.1, -0.05) is 24.3 Å². The van der Waals surface area contributed by atoms with E-state index in [2.05, 4.69) is 10.9 Å². The van der Waals surface area contributed by atoms with Crippen LogP contribution < -0.4 is 15.6 Å². The van der Waals surface area contributed by atoms with Crippen molar-refractivity contribution < 1.29 is 14.6 Å². The third-order valence-electron chi connectivity index (χ3n) is 5.22. The summed E-state index contributed by atoms with van der Waals surface area (Å²) in [6.45, 7) is 0. The van der Waals surface area contributed by atoms with Gasteiger partial charge in [0.25, 0.3) is 0 Å². The number of likely N-dealkylation sites (N-methyl/N-ethyl adjacent to an activating group) is 1. The maximum Gasteiger partial charge on any atom is 0.241 e. The van der Waals surface area contributed by atoms with Gasteiger partial charge in [0.2, 0.25) is 5.91 Å². The van der Waals surface area contributed by atoms with Crippen molar-refractivity contribution in [2.45, 2.75) is 18.1 Å². The Kier molecular flexibility index (Phi) is 3.86. The van der Waals surface area contributed by atoms with Crippen LogP contribution >= 0.6 is 0 Å². The summed E-state index contributed by atoms with van der Waals surface area (Å²) in [5.74, 6) is 1.05. The number of nitrogens with zero attached hydrogens (tertiary/aromatic N) is 1. The number of ether oxygens (including phenoxy) is 1. The van der Waals surface area contributed by atoms with Crippen LogP contribution in [0, 0.1) is 5.92 Å². The second-order valence-electron chi connectivity index (χ2n) is 6.59. The van der Waals surface area contributed by atoms with E-state index >= 15 is 0 Å². The monoisotopic (exact) mass is 339 g/mol. The van der Waals surface area contributed by atoms with E-state index in [4.69, 9.17) is 4.74 Å². The molecule has 0 aliphatic carbocycles. The van der Waals surface area contributed by atoms with Crippen LogP contribution in [0.15, 0.2) is 48.5 Å². The molecule has 2 aliphatic heterocycles. The van der Waals surface area contributed by atoms with Crippen LogP contribution in [-0.2, 0) is 4.79 Å². The normalized spacial score (nSPS) is 28.2. The Morgan fingerprint density at radius 2 is 1.76 bits per heavy atom. The Morgan fingerprint density at radius 3 is 2.52 bits per heavy atom. The van der Waals surface area contributed by atoms with Gasteiger partial charge in [-0.05, 0) is 35.4 Å². The summed E-state index contributed by atoms with van der Waals surface area (Å²) in [6, 6.07) is 14.6. The van der Waals surface area contributed by atoms with Crippen LogP contribution in [0.25, 0.3) is 0 Å². The molecule has 3 N–H and O–H groups in total. The second-order valence-corrected chi connectivity index (χ2v) is 6.59. The molecule has 0 aromatic heterocycles. The van der Waals surface area contributed by atoms with Gasteiger partial charge in [0.05, 0.1) is 19.2 Å². The molecule has 0 bridgehead atoms. The van der Waals surface area contributed by atoms with E-state index in [0.29, 0.717) is 0 Å². The Labute approximate surface area is 146 Å². The van der Waals surface area contributed by atoms with Crippen LogP contribution in [0.4, 0.5) is 0 Å². The van der Waals surface area contributed by atoms with Crippen molar-refractivity contribution in [2.75, 3.05) is 14.2 Å².